The van der Waals surface area contributed by atoms with Crippen molar-refractivity contribution < 1.29 is 0 Å². The molecule has 2 aromatic heterocycles. The molecule has 0 bridgehead atoms. The predicted molar refractivity (Wildman–Crippen MR) is 56.8 cm³/mol. The first-order valence-electron chi connectivity index (χ1n) is 3.71. The van der Waals surface area contributed by atoms with Crippen LogP contribution in [-0.2, 0) is 5.75 Å². The van der Waals surface area contributed by atoms with Gasteiger partial charge in [0.1, 0.15) is 0 Å². The molecule has 0 atom stereocenters. The standard InChI is InChI=1S/C9H9NS2/c1-11-6-8-4-7-2-3-10-5-9(7)12-8/h2-5H,6H2,1H3. The van der Waals surface area contributed by atoms with Crippen molar-refractivity contribution in [2.24, 2.45) is 0 Å². The zero-order chi connectivity index (χ0) is 8.39. The Labute approximate surface area is 79.8 Å². The van der Waals surface area contributed by atoms with Gasteiger partial charge in [0, 0.05) is 23.0 Å². The maximum atomic E-state index is 4.09. The molecule has 0 saturated heterocycles. The van der Waals surface area contributed by atoms with Crippen LogP contribution in [0, 0.1) is 0 Å². The predicted octanol–water partition coefficient (Wildman–Crippen LogP) is 3.16. The number of aromatic nitrogens is 1. The smallest absolute Gasteiger partial charge is 0.0529 e. The van der Waals surface area contributed by atoms with Crippen LogP contribution in [0.5, 0.6) is 0 Å². The number of rotatable bonds is 2. The van der Waals surface area contributed by atoms with Crippen LogP contribution in [0.2, 0.25) is 0 Å². The highest BCUT2D eigenvalue weighted by Gasteiger charge is 1.99. The van der Waals surface area contributed by atoms with Crippen LogP contribution in [0.1, 0.15) is 4.88 Å². The van der Waals surface area contributed by atoms with E-state index in [-0.39, 0.29) is 0 Å². The van der Waals surface area contributed by atoms with Crippen LogP contribution in [0.4, 0.5) is 0 Å². The minimum atomic E-state index is 1.11. The summed E-state index contributed by atoms with van der Waals surface area (Å²) in [5.74, 6) is 1.11. The Morgan fingerprint density at radius 1 is 1.58 bits per heavy atom. The van der Waals surface area contributed by atoms with E-state index in [1.54, 1.807) is 0 Å². The second kappa shape index (κ2) is 3.46. The molecule has 62 valence electrons. The second-order valence-electron chi connectivity index (χ2n) is 2.56. The highest BCUT2D eigenvalue weighted by molar-refractivity contribution is 7.97. The highest BCUT2D eigenvalue weighted by atomic mass is 32.2. The van der Waals surface area contributed by atoms with Crippen molar-refractivity contribution >= 4 is 33.2 Å². The van der Waals surface area contributed by atoms with E-state index in [0.717, 1.165) is 5.75 Å². The molecule has 0 aliphatic heterocycles. The molecule has 0 unspecified atom stereocenters. The van der Waals surface area contributed by atoms with Crippen LogP contribution in [-0.4, -0.2) is 11.2 Å². The van der Waals surface area contributed by atoms with Gasteiger partial charge in [-0.15, -0.1) is 11.3 Å². The minimum absolute atomic E-state index is 1.11. The normalized spacial score (nSPS) is 10.8. The van der Waals surface area contributed by atoms with Gasteiger partial charge in [-0.3, -0.25) is 4.98 Å². The molecule has 0 N–H and O–H groups in total. The first kappa shape index (κ1) is 8.08. The Balaban J connectivity index is 2.47. The second-order valence-corrected chi connectivity index (χ2v) is 4.59. The van der Waals surface area contributed by atoms with E-state index >= 15 is 0 Å². The van der Waals surface area contributed by atoms with Crippen molar-refractivity contribution in [3.05, 3.63) is 29.4 Å². The molecular weight excluding hydrogens is 186 g/mol. The summed E-state index contributed by atoms with van der Waals surface area (Å²) in [6, 6.07) is 4.31. The Morgan fingerprint density at radius 2 is 2.50 bits per heavy atom. The van der Waals surface area contributed by atoms with Gasteiger partial charge in [-0.25, -0.2) is 0 Å². The van der Waals surface area contributed by atoms with E-state index in [9.17, 15) is 0 Å². The lowest BCUT2D eigenvalue weighted by Crippen LogP contribution is -1.66. The molecule has 0 aliphatic rings. The molecule has 12 heavy (non-hydrogen) atoms. The molecule has 0 amide bonds. The largest absolute Gasteiger partial charge is 0.263 e. The van der Waals surface area contributed by atoms with Gasteiger partial charge in [-0.05, 0) is 23.8 Å². The van der Waals surface area contributed by atoms with E-state index in [1.165, 1.54) is 15.0 Å². The van der Waals surface area contributed by atoms with Crippen molar-refractivity contribution in [1.29, 1.82) is 0 Å². The van der Waals surface area contributed by atoms with Crippen molar-refractivity contribution in [3.8, 4) is 0 Å². The minimum Gasteiger partial charge on any atom is -0.263 e. The number of thioether (sulfide) groups is 1. The lowest BCUT2D eigenvalue weighted by atomic mass is 10.3. The van der Waals surface area contributed by atoms with Crippen LogP contribution in [0.3, 0.4) is 0 Å². The third kappa shape index (κ3) is 1.47. The highest BCUT2D eigenvalue weighted by Crippen LogP contribution is 2.26. The average Bonchev–Trinajstić information content (AvgIpc) is 2.47. The zero-order valence-electron chi connectivity index (χ0n) is 6.78. The third-order valence-electron chi connectivity index (χ3n) is 1.66. The molecule has 0 radical (unpaired) electrons. The van der Waals surface area contributed by atoms with Gasteiger partial charge in [-0.1, -0.05) is 0 Å². The Morgan fingerprint density at radius 3 is 3.25 bits per heavy atom. The molecule has 0 spiro atoms. The van der Waals surface area contributed by atoms with Crippen LogP contribution in [0.15, 0.2) is 24.5 Å². The number of pyridine rings is 1. The van der Waals surface area contributed by atoms with Crippen LogP contribution < -0.4 is 0 Å². The molecule has 2 aromatic rings. The number of fused-ring (bicyclic) bond motifs is 1. The summed E-state index contributed by atoms with van der Waals surface area (Å²) in [6.07, 6.45) is 5.91. The first-order valence-corrected chi connectivity index (χ1v) is 5.92. The van der Waals surface area contributed by atoms with E-state index in [4.69, 9.17) is 0 Å². The van der Waals surface area contributed by atoms with Crippen molar-refractivity contribution in [3.63, 3.8) is 0 Å². The molecule has 3 heteroatoms. The zero-order valence-corrected chi connectivity index (χ0v) is 8.41. The van der Waals surface area contributed by atoms with E-state index < -0.39 is 0 Å². The molecule has 0 fully saturated rings. The molecule has 0 saturated carbocycles. The molecule has 2 rings (SSSR count). The van der Waals surface area contributed by atoms with E-state index in [2.05, 4.69) is 23.4 Å². The average molecular weight is 195 g/mol. The fourth-order valence-electron chi connectivity index (χ4n) is 1.15. The molecule has 0 aliphatic carbocycles. The van der Waals surface area contributed by atoms with E-state index in [1.807, 2.05) is 35.5 Å². The topological polar surface area (TPSA) is 12.9 Å². The molecular formula is C9H9NS2. The molecule has 1 nitrogen and oxygen atoms in total. The SMILES string of the molecule is CSCc1cc2ccncc2s1. The Bertz CT molecular complexity index is 348. The van der Waals surface area contributed by atoms with Gasteiger partial charge in [0.25, 0.3) is 0 Å². The lowest BCUT2D eigenvalue weighted by molar-refractivity contribution is 1.37. The van der Waals surface area contributed by atoms with Gasteiger partial charge < -0.3 is 0 Å². The number of nitrogens with zero attached hydrogens (tertiary/aromatic N) is 1. The fourth-order valence-corrected chi connectivity index (χ4v) is 2.94. The lowest BCUT2D eigenvalue weighted by Gasteiger charge is -1.86. The van der Waals surface area contributed by atoms with Crippen molar-refractivity contribution in [2.45, 2.75) is 5.75 Å². The van der Waals surface area contributed by atoms with Gasteiger partial charge >= 0.3 is 0 Å². The third-order valence-corrected chi connectivity index (χ3v) is 3.53. The number of hydrogen-bond donors (Lipinski definition) is 0. The maximum absolute atomic E-state index is 4.09. The van der Waals surface area contributed by atoms with Gasteiger partial charge in [-0.2, -0.15) is 11.8 Å². The summed E-state index contributed by atoms with van der Waals surface area (Å²) in [7, 11) is 0. The summed E-state index contributed by atoms with van der Waals surface area (Å²) >= 11 is 3.70. The maximum Gasteiger partial charge on any atom is 0.0529 e. The van der Waals surface area contributed by atoms with Gasteiger partial charge in [0.15, 0.2) is 0 Å². The van der Waals surface area contributed by atoms with Crippen molar-refractivity contribution in [2.75, 3.05) is 6.26 Å². The summed E-state index contributed by atoms with van der Waals surface area (Å²) < 4.78 is 1.29. The fraction of sp³-hybridized carbons (Fsp3) is 0.222. The summed E-state index contributed by atoms with van der Waals surface area (Å²) in [5.41, 5.74) is 0. The van der Waals surface area contributed by atoms with E-state index in [0.29, 0.717) is 0 Å². The summed E-state index contributed by atoms with van der Waals surface area (Å²) in [4.78, 5) is 5.53. The van der Waals surface area contributed by atoms with Crippen LogP contribution in [0.25, 0.3) is 10.1 Å². The van der Waals surface area contributed by atoms with Gasteiger partial charge in [0.2, 0.25) is 0 Å². The quantitative estimate of drug-likeness (QED) is 0.730. The summed E-state index contributed by atoms with van der Waals surface area (Å²) in [6.45, 7) is 0. The Kier molecular flexibility index (Phi) is 2.33. The molecule has 0 aromatic carbocycles. The first-order chi connectivity index (χ1) is 5.90. The van der Waals surface area contributed by atoms with Gasteiger partial charge in [0.05, 0.1) is 4.70 Å². The number of hydrogen-bond acceptors (Lipinski definition) is 3. The monoisotopic (exact) mass is 195 g/mol. The summed E-state index contributed by atoms with van der Waals surface area (Å²) in [5, 5.41) is 1.32. The Hall–Kier alpha value is -0.540. The van der Waals surface area contributed by atoms with Crippen LogP contribution >= 0.6 is 23.1 Å². The molecule has 2 heterocycles. The van der Waals surface area contributed by atoms with Crippen molar-refractivity contribution in [1.82, 2.24) is 4.98 Å². The number of thiophene rings is 1.